The van der Waals surface area contributed by atoms with E-state index in [1.165, 1.54) is 12.1 Å². The Hall–Kier alpha value is -2.69. The molecule has 156 valence electrons. The van der Waals surface area contributed by atoms with E-state index in [9.17, 15) is 14.0 Å². The van der Waals surface area contributed by atoms with E-state index in [1.54, 1.807) is 17.0 Å². The van der Waals surface area contributed by atoms with Gasteiger partial charge in [-0.05, 0) is 43.0 Å². The topological polar surface area (TPSA) is 49.4 Å². The number of nitrogens with zero attached hydrogens (tertiary/aromatic N) is 1. The average Bonchev–Trinajstić information content (AvgIpc) is 2.70. The standard InChI is InChI=1S/C24H31FN2O2/c1-4-6-14-26-24(29)22(5-2)27(17-20-9-7-8-18(3)15-20)23(28)16-19-10-12-21(25)13-11-19/h7-13,15,22H,4-6,14,16-17H2,1-3H3,(H,26,29)/t22-/m1/s1. The van der Waals surface area contributed by atoms with Crippen molar-refractivity contribution < 1.29 is 14.0 Å². The zero-order valence-electron chi connectivity index (χ0n) is 17.6. The summed E-state index contributed by atoms with van der Waals surface area (Å²) in [5, 5.41) is 2.96. The Bertz CT molecular complexity index is 805. The Balaban J connectivity index is 2.23. The zero-order chi connectivity index (χ0) is 21.2. The molecule has 0 saturated heterocycles. The van der Waals surface area contributed by atoms with Gasteiger partial charge in [-0.15, -0.1) is 0 Å². The maximum absolute atomic E-state index is 13.2. The number of benzene rings is 2. The highest BCUT2D eigenvalue weighted by atomic mass is 19.1. The van der Waals surface area contributed by atoms with Crippen molar-refractivity contribution in [3.63, 3.8) is 0 Å². The van der Waals surface area contributed by atoms with Crippen LogP contribution in [0.15, 0.2) is 48.5 Å². The summed E-state index contributed by atoms with van der Waals surface area (Å²) in [6.07, 6.45) is 2.56. The summed E-state index contributed by atoms with van der Waals surface area (Å²) in [7, 11) is 0. The molecule has 0 heterocycles. The number of hydrogen-bond donors (Lipinski definition) is 1. The number of nitrogens with one attached hydrogen (secondary N) is 1. The van der Waals surface area contributed by atoms with E-state index in [-0.39, 0.29) is 24.1 Å². The van der Waals surface area contributed by atoms with E-state index in [0.29, 0.717) is 19.5 Å². The van der Waals surface area contributed by atoms with Crippen LogP contribution in [0.3, 0.4) is 0 Å². The van der Waals surface area contributed by atoms with Crippen LogP contribution < -0.4 is 5.32 Å². The minimum atomic E-state index is -0.541. The Kier molecular flexibility index (Phi) is 8.84. The van der Waals surface area contributed by atoms with E-state index in [1.807, 2.05) is 38.1 Å². The molecule has 2 aromatic carbocycles. The van der Waals surface area contributed by atoms with Crippen molar-refractivity contribution in [1.82, 2.24) is 10.2 Å². The summed E-state index contributed by atoms with van der Waals surface area (Å²) < 4.78 is 13.2. The molecule has 0 spiro atoms. The highest BCUT2D eigenvalue weighted by molar-refractivity contribution is 5.88. The van der Waals surface area contributed by atoms with Crippen molar-refractivity contribution >= 4 is 11.8 Å². The Morgan fingerprint density at radius 2 is 1.79 bits per heavy atom. The molecule has 0 saturated carbocycles. The van der Waals surface area contributed by atoms with Gasteiger partial charge < -0.3 is 10.2 Å². The van der Waals surface area contributed by atoms with E-state index in [2.05, 4.69) is 12.2 Å². The van der Waals surface area contributed by atoms with Crippen LogP contribution in [0.4, 0.5) is 4.39 Å². The lowest BCUT2D eigenvalue weighted by atomic mass is 10.1. The van der Waals surface area contributed by atoms with E-state index in [4.69, 9.17) is 0 Å². The summed E-state index contributed by atoms with van der Waals surface area (Å²) >= 11 is 0. The van der Waals surface area contributed by atoms with Crippen molar-refractivity contribution in [3.8, 4) is 0 Å². The molecule has 0 aliphatic carbocycles. The number of rotatable bonds is 10. The van der Waals surface area contributed by atoms with Gasteiger partial charge >= 0.3 is 0 Å². The maximum atomic E-state index is 13.2. The molecule has 2 rings (SSSR count). The first-order valence-corrected chi connectivity index (χ1v) is 10.3. The summed E-state index contributed by atoms with van der Waals surface area (Å²) in [4.78, 5) is 27.6. The fourth-order valence-electron chi connectivity index (χ4n) is 3.31. The second-order valence-corrected chi connectivity index (χ2v) is 7.38. The number of halogens is 1. The first-order chi connectivity index (χ1) is 13.9. The lowest BCUT2D eigenvalue weighted by molar-refractivity contribution is -0.140. The van der Waals surface area contributed by atoms with Crippen LogP contribution in [-0.2, 0) is 22.6 Å². The van der Waals surface area contributed by atoms with Crippen molar-refractivity contribution in [1.29, 1.82) is 0 Å². The van der Waals surface area contributed by atoms with Crippen LogP contribution in [-0.4, -0.2) is 29.3 Å². The van der Waals surface area contributed by atoms with Crippen LogP contribution in [0, 0.1) is 12.7 Å². The van der Waals surface area contributed by atoms with Gasteiger partial charge in [-0.2, -0.15) is 0 Å². The molecule has 0 bridgehead atoms. The largest absolute Gasteiger partial charge is 0.354 e. The predicted octanol–water partition coefficient (Wildman–Crippen LogP) is 4.40. The second kappa shape index (κ2) is 11.3. The molecular weight excluding hydrogens is 367 g/mol. The Morgan fingerprint density at radius 3 is 2.41 bits per heavy atom. The number of carbonyl (C=O) groups excluding carboxylic acids is 2. The van der Waals surface area contributed by atoms with Gasteiger partial charge in [0.2, 0.25) is 11.8 Å². The minimum absolute atomic E-state index is 0.124. The number of hydrogen-bond acceptors (Lipinski definition) is 2. The van der Waals surface area contributed by atoms with Gasteiger partial charge in [0.1, 0.15) is 11.9 Å². The zero-order valence-corrected chi connectivity index (χ0v) is 17.6. The van der Waals surface area contributed by atoms with Gasteiger partial charge in [-0.1, -0.05) is 62.2 Å². The minimum Gasteiger partial charge on any atom is -0.354 e. The van der Waals surface area contributed by atoms with Crippen LogP contribution >= 0.6 is 0 Å². The second-order valence-electron chi connectivity index (χ2n) is 7.38. The van der Waals surface area contributed by atoms with E-state index < -0.39 is 6.04 Å². The van der Waals surface area contributed by atoms with Crippen LogP contribution in [0.5, 0.6) is 0 Å². The number of unbranched alkanes of at least 4 members (excludes halogenated alkanes) is 1. The lowest BCUT2D eigenvalue weighted by Gasteiger charge is -2.31. The fourth-order valence-corrected chi connectivity index (χ4v) is 3.31. The smallest absolute Gasteiger partial charge is 0.242 e. The van der Waals surface area contributed by atoms with Gasteiger partial charge in [-0.25, -0.2) is 4.39 Å². The van der Waals surface area contributed by atoms with Crippen LogP contribution in [0.25, 0.3) is 0 Å². The highest BCUT2D eigenvalue weighted by Gasteiger charge is 2.28. The van der Waals surface area contributed by atoms with Crippen molar-refractivity contribution in [3.05, 3.63) is 71.0 Å². The van der Waals surface area contributed by atoms with Gasteiger partial charge in [-0.3, -0.25) is 9.59 Å². The maximum Gasteiger partial charge on any atom is 0.242 e. The van der Waals surface area contributed by atoms with Crippen LogP contribution in [0.1, 0.15) is 49.8 Å². The predicted molar refractivity (Wildman–Crippen MR) is 114 cm³/mol. The summed E-state index contributed by atoms with van der Waals surface area (Å²) in [5.41, 5.74) is 2.82. The third kappa shape index (κ3) is 7.00. The molecule has 0 unspecified atom stereocenters. The van der Waals surface area contributed by atoms with Crippen molar-refractivity contribution in [2.24, 2.45) is 0 Å². The molecule has 4 nitrogen and oxygen atoms in total. The van der Waals surface area contributed by atoms with Gasteiger partial charge in [0, 0.05) is 13.1 Å². The molecule has 0 radical (unpaired) electrons. The number of carbonyl (C=O) groups is 2. The molecule has 1 N–H and O–H groups in total. The molecule has 2 aromatic rings. The van der Waals surface area contributed by atoms with Gasteiger partial charge in [0.15, 0.2) is 0 Å². The molecule has 0 aromatic heterocycles. The lowest BCUT2D eigenvalue weighted by Crippen LogP contribution is -2.49. The van der Waals surface area contributed by atoms with Gasteiger partial charge in [0.25, 0.3) is 0 Å². The molecule has 29 heavy (non-hydrogen) atoms. The van der Waals surface area contributed by atoms with Crippen molar-refractivity contribution in [2.75, 3.05) is 6.54 Å². The fraction of sp³-hybridized carbons (Fsp3) is 0.417. The summed E-state index contributed by atoms with van der Waals surface area (Å²) in [6, 6.07) is 13.3. The highest BCUT2D eigenvalue weighted by Crippen LogP contribution is 2.16. The monoisotopic (exact) mass is 398 g/mol. The average molecular weight is 399 g/mol. The molecule has 0 aliphatic rings. The summed E-state index contributed by atoms with van der Waals surface area (Å²) in [6.45, 7) is 6.96. The normalized spacial score (nSPS) is 11.7. The Morgan fingerprint density at radius 1 is 1.07 bits per heavy atom. The van der Waals surface area contributed by atoms with E-state index in [0.717, 1.165) is 29.5 Å². The summed E-state index contributed by atoms with van der Waals surface area (Å²) in [5.74, 6) is -0.601. The number of aryl methyl sites for hydroxylation is 1. The quantitative estimate of drug-likeness (QED) is 0.603. The third-order valence-corrected chi connectivity index (χ3v) is 4.92. The van der Waals surface area contributed by atoms with Crippen LogP contribution in [0.2, 0.25) is 0 Å². The molecule has 0 aliphatic heterocycles. The first-order valence-electron chi connectivity index (χ1n) is 10.3. The van der Waals surface area contributed by atoms with E-state index >= 15 is 0 Å². The molecule has 1 atom stereocenters. The molecule has 0 fully saturated rings. The molecular formula is C24H31FN2O2. The first kappa shape index (κ1) is 22.6. The molecule has 5 heteroatoms. The molecule has 2 amide bonds. The number of amides is 2. The van der Waals surface area contributed by atoms with Gasteiger partial charge in [0.05, 0.1) is 6.42 Å². The van der Waals surface area contributed by atoms with Crippen molar-refractivity contribution in [2.45, 2.75) is 59.0 Å². The SMILES string of the molecule is CCCCNC(=O)[C@@H](CC)N(Cc1cccc(C)c1)C(=O)Cc1ccc(F)cc1. The third-order valence-electron chi connectivity index (χ3n) is 4.92. The Labute approximate surface area is 173 Å².